The molecule has 0 saturated carbocycles. The molecule has 0 aliphatic carbocycles. The van der Waals surface area contributed by atoms with Gasteiger partial charge in [-0.1, -0.05) is 18.2 Å². The minimum atomic E-state index is -3.26. The third kappa shape index (κ3) is 4.90. The predicted octanol–water partition coefficient (Wildman–Crippen LogP) is 1.11. The summed E-state index contributed by atoms with van der Waals surface area (Å²) < 4.78 is 25.6. The van der Waals surface area contributed by atoms with Crippen LogP contribution in [0, 0.1) is 0 Å². The molecule has 1 amide bonds. The summed E-state index contributed by atoms with van der Waals surface area (Å²) in [6, 6.07) is 9.71. The Labute approximate surface area is 142 Å². The van der Waals surface area contributed by atoms with Crippen LogP contribution in [0.3, 0.4) is 0 Å². The van der Waals surface area contributed by atoms with Crippen LogP contribution in [0.5, 0.6) is 0 Å². The van der Waals surface area contributed by atoms with E-state index in [1.165, 1.54) is 11.4 Å². The third-order valence-corrected chi connectivity index (χ3v) is 5.02. The van der Waals surface area contributed by atoms with Crippen LogP contribution < -0.4 is 0 Å². The molecule has 0 fully saturated rings. The molecule has 0 spiro atoms. The van der Waals surface area contributed by atoms with Crippen LogP contribution in [0.25, 0.3) is 5.69 Å². The minimum Gasteiger partial charge on any atom is -0.341 e. The van der Waals surface area contributed by atoms with E-state index in [0.29, 0.717) is 6.54 Å². The lowest BCUT2D eigenvalue weighted by molar-refractivity contribution is -0.130. The van der Waals surface area contributed by atoms with Gasteiger partial charge in [-0.15, -0.1) is 0 Å². The van der Waals surface area contributed by atoms with E-state index >= 15 is 0 Å². The molecule has 0 radical (unpaired) electrons. The number of aromatic nitrogens is 2. The predicted molar refractivity (Wildman–Crippen MR) is 92.1 cm³/mol. The Morgan fingerprint density at radius 2 is 1.88 bits per heavy atom. The second-order valence-corrected chi connectivity index (χ2v) is 7.80. The van der Waals surface area contributed by atoms with Crippen LogP contribution >= 0.6 is 0 Å². The molecular weight excluding hydrogens is 328 g/mol. The number of para-hydroxylation sites is 1. The number of amides is 1. The molecule has 1 aromatic heterocycles. The molecule has 0 aliphatic heterocycles. The molecule has 0 N–H and O–H groups in total. The van der Waals surface area contributed by atoms with E-state index in [2.05, 4.69) is 5.10 Å². The van der Waals surface area contributed by atoms with Crippen LogP contribution in [0.4, 0.5) is 0 Å². The molecule has 24 heavy (non-hydrogen) atoms. The molecule has 8 heteroatoms. The summed E-state index contributed by atoms with van der Waals surface area (Å²) in [6.45, 7) is 0.597. The van der Waals surface area contributed by atoms with Gasteiger partial charge >= 0.3 is 0 Å². The van der Waals surface area contributed by atoms with Crippen LogP contribution in [0.1, 0.15) is 12.0 Å². The monoisotopic (exact) mass is 350 g/mol. The largest absolute Gasteiger partial charge is 0.341 e. The van der Waals surface area contributed by atoms with E-state index in [4.69, 9.17) is 0 Å². The SMILES string of the molecule is CN(Cc1cnn(-c2ccccc2)c1)C(=O)CCN(C)S(C)(=O)=O. The maximum atomic E-state index is 12.1. The number of rotatable bonds is 7. The van der Waals surface area contributed by atoms with Gasteiger partial charge in [-0.25, -0.2) is 17.4 Å². The third-order valence-electron chi connectivity index (χ3n) is 3.71. The van der Waals surface area contributed by atoms with Gasteiger partial charge in [0.2, 0.25) is 15.9 Å². The maximum absolute atomic E-state index is 12.1. The Bertz CT molecular complexity index is 787. The summed E-state index contributed by atoms with van der Waals surface area (Å²) in [5.41, 5.74) is 1.86. The lowest BCUT2D eigenvalue weighted by Gasteiger charge is -2.18. The summed E-state index contributed by atoms with van der Waals surface area (Å²) in [5.74, 6) is -0.113. The number of hydrogen-bond donors (Lipinski definition) is 0. The number of carbonyl (C=O) groups excluding carboxylic acids is 1. The van der Waals surface area contributed by atoms with Gasteiger partial charge in [-0.2, -0.15) is 5.10 Å². The van der Waals surface area contributed by atoms with Crippen molar-refractivity contribution in [1.82, 2.24) is 19.0 Å². The molecule has 1 heterocycles. The van der Waals surface area contributed by atoms with Gasteiger partial charge in [0, 0.05) is 45.4 Å². The van der Waals surface area contributed by atoms with Gasteiger partial charge in [-0.3, -0.25) is 4.79 Å². The highest BCUT2D eigenvalue weighted by atomic mass is 32.2. The van der Waals surface area contributed by atoms with E-state index in [1.54, 1.807) is 22.8 Å². The first-order valence-corrected chi connectivity index (χ1v) is 9.36. The van der Waals surface area contributed by atoms with Crippen molar-refractivity contribution >= 4 is 15.9 Å². The fraction of sp³-hybridized carbons (Fsp3) is 0.375. The Balaban J connectivity index is 1.91. The Kier molecular flexibility index (Phi) is 5.74. The quantitative estimate of drug-likeness (QED) is 0.750. The van der Waals surface area contributed by atoms with Crippen molar-refractivity contribution in [3.05, 3.63) is 48.3 Å². The van der Waals surface area contributed by atoms with Crippen LogP contribution in [-0.2, 0) is 21.4 Å². The van der Waals surface area contributed by atoms with Gasteiger partial charge in [0.1, 0.15) is 0 Å². The number of nitrogens with zero attached hydrogens (tertiary/aromatic N) is 4. The zero-order valence-electron chi connectivity index (χ0n) is 14.1. The maximum Gasteiger partial charge on any atom is 0.223 e. The van der Waals surface area contributed by atoms with Crippen molar-refractivity contribution in [2.75, 3.05) is 26.9 Å². The van der Waals surface area contributed by atoms with Gasteiger partial charge in [-0.05, 0) is 12.1 Å². The second-order valence-electron chi connectivity index (χ2n) is 5.71. The van der Waals surface area contributed by atoms with Crippen LogP contribution in [-0.4, -0.2) is 60.2 Å². The average molecular weight is 350 g/mol. The van der Waals surface area contributed by atoms with Gasteiger partial charge in [0.25, 0.3) is 0 Å². The number of hydrogen-bond acceptors (Lipinski definition) is 4. The molecule has 0 saturated heterocycles. The molecule has 7 nitrogen and oxygen atoms in total. The zero-order chi connectivity index (χ0) is 17.7. The molecule has 130 valence electrons. The molecule has 1 aromatic carbocycles. The lowest BCUT2D eigenvalue weighted by Crippen LogP contribution is -2.32. The summed E-state index contributed by atoms with van der Waals surface area (Å²) in [7, 11) is -0.0993. The van der Waals surface area contributed by atoms with Crippen LogP contribution in [0.15, 0.2) is 42.7 Å². The first-order valence-electron chi connectivity index (χ1n) is 7.51. The summed E-state index contributed by atoms with van der Waals surface area (Å²) in [6.07, 6.45) is 4.87. The Hall–Kier alpha value is -2.19. The topological polar surface area (TPSA) is 75.5 Å². The number of benzene rings is 1. The number of sulfonamides is 1. The lowest BCUT2D eigenvalue weighted by atomic mass is 10.3. The van der Waals surface area contributed by atoms with E-state index < -0.39 is 10.0 Å². The van der Waals surface area contributed by atoms with Crippen molar-refractivity contribution in [2.24, 2.45) is 0 Å². The number of carbonyl (C=O) groups is 1. The molecule has 0 atom stereocenters. The van der Waals surface area contributed by atoms with E-state index in [9.17, 15) is 13.2 Å². The fourth-order valence-electron chi connectivity index (χ4n) is 2.14. The van der Waals surface area contributed by atoms with Crippen LogP contribution in [0.2, 0.25) is 0 Å². The summed E-state index contributed by atoms with van der Waals surface area (Å²) in [5, 5.41) is 4.30. The summed E-state index contributed by atoms with van der Waals surface area (Å²) in [4.78, 5) is 13.7. The minimum absolute atomic E-state index is 0.113. The second kappa shape index (κ2) is 7.59. The molecule has 0 bridgehead atoms. The highest BCUT2D eigenvalue weighted by molar-refractivity contribution is 7.88. The Morgan fingerprint density at radius 1 is 1.21 bits per heavy atom. The van der Waals surface area contributed by atoms with E-state index in [0.717, 1.165) is 17.5 Å². The normalized spacial score (nSPS) is 11.7. The van der Waals surface area contributed by atoms with Gasteiger partial charge in [0.15, 0.2) is 0 Å². The van der Waals surface area contributed by atoms with E-state index in [-0.39, 0.29) is 18.9 Å². The van der Waals surface area contributed by atoms with Crippen molar-refractivity contribution in [3.63, 3.8) is 0 Å². The molecule has 0 aliphatic rings. The first-order chi connectivity index (χ1) is 11.3. The molecule has 0 unspecified atom stereocenters. The molecule has 2 aromatic rings. The molecular formula is C16H22N4O3S. The highest BCUT2D eigenvalue weighted by Gasteiger charge is 2.15. The summed E-state index contributed by atoms with van der Waals surface area (Å²) >= 11 is 0. The van der Waals surface area contributed by atoms with Gasteiger partial charge in [0.05, 0.1) is 18.1 Å². The van der Waals surface area contributed by atoms with Crippen molar-refractivity contribution in [1.29, 1.82) is 0 Å². The molecule has 2 rings (SSSR count). The van der Waals surface area contributed by atoms with Crippen molar-refractivity contribution in [2.45, 2.75) is 13.0 Å². The van der Waals surface area contributed by atoms with E-state index in [1.807, 2.05) is 36.5 Å². The fourth-order valence-corrected chi connectivity index (χ4v) is 2.56. The van der Waals surface area contributed by atoms with Crippen molar-refractivity contribution in [3.8, 4) is 5.69 Å². The standard InChI is InChI=1S/C16H22N4O3S/c1-18(16(21)9-10-19(2)24(3,22)23)12-14-11-17-20(13-14)15-7-5-4-6-8-15/h4-8,11,13H,9-10,12H2,1-3H3. The first kappa shape index (κ1) is 18.2. The van der Waals surface area contributed by atoms with Crippen molar-refractivity contribution < 1.29 is 13.2 Å². The zero-order valence-corrected chi connectivity index (χ0v) is 14.9. The average Bonchev–Trinajstić information content (AvgIpc) is 3.00. The Morgan fingerprint density at radius 3 is 2.50 bits per heavy atom. The van der Waals surface area contributed by atoms with Gasteiger partial charge < -0.3 is 4.90 Å². The smallest absolute Gasteiger partial charge is 0.223 e. The highest BCUT2D eigenvalue weighted by Crippen LogP contribution is 2.10.